The molecule has 0 bridgehead atoms. The van der Waals surface area contributed by atoms with Crippen molar-refractivity contribution in [2.45, 2.75) is 13.3 Å². The standard InChI is InChI=1S/C21H17ClN2O6/c1-2-13-5-3-4-6-16(13)24-20(28)14(19(27)23-21(24)29)9-12-7-8-17(15(22)10-12)30-11-18(25)26/h3-10H,2,11H2,1H3,(H,25,26)(H,23,27,29)/b14-9+. The molecule has 0 atom stereocenters. The molecule has 1 aliphatic heterocycles. The van der Waals surface area contributed by atoms with Crippen molar-refractivity contribution in [3.8, 4) is 5.75 Å². The number of halogens is 1. The molecule has 30 heavy (non-hydrogen) atoms. The van der Waals surface area contributed by atoms with Crippen LogP contribution in [0.3, 0.4) is 0 Å². The number of urea groups is 1. The lowest BCUT2D eigenvalue weighted by molar-refractivity contribution is -0.139. The SMILES string of the molecule is CCc1ccccc1N1C(=O)NC(=O)/C(=C\c2ccc(OCC(=O)O)c(Cl)c2)C1=O. The predicted octanol–water partition coefficient (Wildman–Crippen LogP) is 3.03. The topological polar surface area (TPSA) is 113 Å². The number of carboxylic acid groups (broad SMARTS) is 1. The van der Waals surface area contributed by atoms with Gasteiger partial charge in [0.05, 0.1) is 10.7 Å². The minimum absolute atomic E-state index is 0.110. The number of carboxylic acids is 1. The van der Waals surface area contributed by atoms with Gasteiger partial charge in [-0.2, -0.15) is 0 Å². The Bertz CT molecular complexity index is 1080. The lowest BCUT2D eigenvalue weighted by Crippen LogP contribution is -2.54. The summed E-state index contributed by atoms with van der Waals surface area (Å²) in [5, 5.41) is 11.0. The van der Waals surface area contributed by atoms with Crippen molar-refractivity contribution in [1.82, 2.24) is 5.32 Å². The fourth-order valence-corrected chi connectivity index (χ4v) is 3.18. The summed E-state index contributed by atoms with van der Waals surface area (Å²) in [6.07, 6.45) is 1.90. The zero-order valence-corrected chi connectivity index (χ0v) is 16.6. The summed E-state index contributed by atoms with van der Waals surface area (Å²) in [5.74, 6) is -2.59. The molecule has 1 aliphatic rings. The third-order valence-corrected chi connectivity index (χ3v) is 4.63. The summed E-state index contributed by atoms with van der Waals surface area (Å²) in [7, 11) is 0. The van der Waals surface area contributed by atoms with Crippen LogP contribution in [0.2, 0.25) is 5.02 Å². The molecule has 3 rings (SSSR count). The van der Waals surface area contributed by atoms with Crippen LogP contribution in [0.1, 0.15) is 18.1 Å². The van der Waals surface area contributed by atoms with Gasteiger partial charge in [-0.25, -0.2) is 14.5 Å². The van der Waals surface area contributed by atoms with Crippen molar-refractivity contribution in [2.24, 2.45) is 0 Å². The number of carbonyl (C=O) groups is 4. The number of hydrogen-bond donors (Lipinski definition) is 2. The van der Waals surface area contributed by atoms with Gasteiger partial charge >= 0.3 is 12.0 Å². The Morgan fingerprint density at radius 1 is 1.20 bits per heavy atom. The van der Waals surface area contributed by atoms with Crippen LogP contribution in [-0.4, -0.2) is 35.5 Å². The lowest BCUT2D eigenvalue weighted by Gasteiger charge is -2.28. The van der Waals surface area contributed by atoms with Crippen LogP contribution in [0.15, 0.2) is 48.0 Å². The highest BCUT2D eigenvalue weighted by atomic mass is 35.5. The highest BCUT2D eigenvalue weighted by molar-refractivity contribution is 6.39. The summed E-state index contributed by atoms with van der Waals surface area (Å²) in [6.45, 7) is 1.33. The minimum Gasteiger partial charge on any atom is -0.480 e. The minimum atomic E-state index is -1.15. The van der Waals surface area contributed by atoms with E-state index in [1.165, 1.54) is 24.3 Å². The molecule has 2 aromatic carbocycles. The van der Waals surface area contributed by atoms with Gasteiger partial charge in [0.1, 0.15) is 11.3 Å². The highest BCUT2D eigenvalue weighted by Crippen LogP contribution is 2.29. The van der Waals surface area contributed by atoms with Crippen molar-refractivity contribution in [3.05, 3.63) is 64.2 Å². The van der Waals surface area contributed by atoms with Crippen molar-refractivity contribution in [2.75, 3.05) is 11.5 Å². The number of aryl methyl sites for hydroxylation is 1. The van der Waals surface area contributed by atoms with Gasteiger partial charge in [0.2, 0.25) is 0 Å². The molecule has 0 saturated carbocycles. The van der Waals surface area contributed by atoms with E-state index in [-0.39, 0.29) is 16.3 Å². The maximum atomic E-state index is 13.0. The second-order valence-electron chi connectivity index (χ2n) is 6.31. The number of hydrogen-bond acceptors (Lipinski definition) is 5. The number of para-hydroxylation sites is 1. The number of anilines is 1. The van der Waals surface area contributed by atoms with Crippen molar-refractivity contribution in [3.63, 3.8) is 0 Å². The fraction of sp³-hybridized carbons (Fsp3) is 0.143. The van der Waals surface area contributed by atoms with Gasteiger partial charge in [0, 0.05) is 0 Å². The number of carbonyl (C=O) groups excluding carboxylic acids is 3. The van der Waals surface area contributed by atoms with Crippen LogP contribution in [0.5, 0.6) is 5.75 Å². The van der Waals surface area contributed by atoms with Crippen LogP contribution in [-0.2, 0) is 20.8 Å². The average Bonchev–Trinajstić information content (AvgIpc) is 2.70. The summed E-state index contributed by atoms with van der Waals surface area (Å²) in [5.41, 5.74) is 1.34. The third kappa shape index (κ3) is 4.33. The number of amides is 4. The largest absolute Gasteiger partial charge is 0.480 e. The van der Waals surface area contributed by atoms with Gasteiger partial charge < -0.3 is 9.84 Å². The van der Waals surface area contributed by atoms with E-state index in [2.05, 4.69) is 5.32 Å². The van der Waals surface area contributed by atoms with E-state index in [1.54, 1.807) is 24.3 Å². The van der Waals surface area contributed by atoms with Crippen LogP contribution < -0.4 is 15.0 Å². The first kappa shape index (κ1) is 21.1. The molecule has 0 aliphatic carbocycles. The number of barbiturate groups is 1. The predicted molar refractivity (Wildman–Crippen MR) is 109 cm³/mol. The summed E-state index contributed by atoms with van der Waals surface area (Å²) < 4.78 is 5.05. The first-order valence-electron chi connectivity index (χ1n) is 8.95. The Labute approximate surface area is 176 Å². The smallest absolute Gasteiger partial charge is 0.341 e. The molecule has 0 aromatic heterocycles. The number of rotatable bonds is 6. The Morgan fingerprint density at radius 2 is 1.93 bits per heavy atom. The van der Waals surface area contributed by atoms with E-state index in [1.807, 2.05) is 6.92 Å². The average molecular weight is 429 g/mol. The van der Waals surface area contributed by atoms with Gasteiger partial charge in [0.15, 0.2) is 6.61 Å². The molecule has 2 aromatic rings. The van der Waals surface area contributed by atoms with E-state index in [4.69, 9.17) is 21.4 Å². The Hall–Kier alpha value is -3.65. The highest BCUT2D eigenvalue weighted by Gasteiger charge is 2.37. The number of imide groups is 2. The molecule has 154 valence electrons. The van der Waals surface area contributed by atoms with E-state index in [0.29, 0.717) is 17.7 Å². The maximum Gasteiger partial charge on any atom is 0.341 e. The molecule has 1 fully saturated rings. The van der Waals surface area contributed by atoms with Crippen LogP contribution in [0.4, 0.5) is 10.5 Å². The molecular weight excluding hydrogens is 412 g/mol. The zero-order valence-electron chi connectivity index (χ0n) is 15.8. The number of nitrogens with one attached hydrogen (secondary N) is 1. The number of aliphatic carboxylic acids is 1. The second-order valence-corrected chi connectivity index (χ2v) is 6.72. The lowest BCUT2D eigenvalue weighted by atomic mass is 10.0. The van der Waals surface area contributed by atoms with Crippen LogP contribution >= 0.6 is 11.6 Å². The van der Waals surface area contributed by atoms with E-state index >= 15 is 0 Å². The number of ether oxygens (including phenoxy) is 1. The van der Waals surface area contributed by atoms with E-state index < -0.39 is 30.4 Å². The first-order valence-corrected chi connectivity index (χ1v) is 9.33. The maximum absolute atomic E-state index is 13.0. The molecule has 8 nitrogen and oxygen atoms in total. The third-order valence-electron chi connectivity index (χ3n) is 4.33. The van der Waals surface area contributed by atoms with Gasteiger partial charge in [-0.05, 0) is 41.8 Å². The Morgan fingerprint density at radius 3 is 2.60 bits per heavy atom. The first-order chi connectivity index (χ1) is 14.3. The van der Waals surface area contributed by atoms with Crippen molar-refractivity contribution in [1.29, 1.82) is 0 Å². The summed E-state index contributed by atoms with van der Waals surface area (Å²) in [6, 6.07) is 10.5. The quantitative estimate of drug-likeness (QED) is 0.540. The number of benzene rings is 2. The normalized spacial score (nSPS) is 15.3. The van der Waals surface area contributed by atoms with Gasteiger partial charge in [-0.1, -0.05) is 42.8 Å². The summed E-state index contributed by atoms with van der Waals surface area (Å²) in [4.78, 5) is 49.2. The molecule has 2 N–H and O–H groups in total. The molecule has 1 heterocycles. The molecule has 0 radical (unpaired) electrons. The summed E-state index contributed by atoms with van der Waals surface area (Å²) >= 11 is 6.09. The number of nitrogens with zero attached hydrogens (tertiary/aromatic N) is 1. The molecule has 0 unspecified atom stereocenters. The van der Waals surface area contributed by atoms with Gasteiger partial charge in [-0.15, -0.1) is 0 Å². The van der Waals surface area contributed by atoms with Crippen LogP contribution in [0, 0.1) is 0 Å². The van der Waals surface area contributed by atoms with Crippen molar-refractivity contribution < 1.29 is 29.0 Å². The van der Waals surface area contributed by atoms with Crippen molar-refractivity contribution >= 4 is 47.2 Å². The zero-order chi connectivity index (χ0) is 21.8. The molecular formula is C21H17ClN2O6. The monoisotopic (exact) mass is 428 g/mol. The molecule has 9 heteroatoms. The molecule has 0 spiro atoms. The van der Waals surface area contributed by atoms with Crippen LogP contribution in [0.25, 0.3) is 6.08 Å². The van der Waals surface area contributed by atoms with Gasteiger partial charge in [-0.3, -0.25) is 14.9 Å². The van der Waals surface area contributed by atoms with Gasteiger partial charge in [0.25, 0.3) is 11.8 Å². The second kappa shape index (κ2) is 8.79. The van der Waals surface area contributed by atoms with E-state index in [0.717, 1.165) is 10.5 Å². The Balaban J connectivity index is 1.95. The fourth-order valence-electron chi connectivity index (χ4n) is 2.93. The van der Waals surface area contributed by atoms with E-state index in [9.17, 15) is 19.2 Å². The molecule has 1 saturated heterocycles. The Kier molecular flexibility index (Phi) is 6.17. The molecule has 4 amide bonds.